The molecule has 7 nitrogen and oxygen atoms in total. The molecule has 1 saturated heterocycles. The zero-order valence-electron chi connectivity index (χ0n) is 13.9. The second-order valence-electron chi connectivity index (χ2n) is 5.70. The Morgan fingerprint density at radius 1 is 1.48 bits per heavy atom. The molecule has 1 aliphatic heterocycles. The van der Waals surface area contributed by atoms with Gasteiger partial charge in [-0.15, -0.1) is 10.2 Å². The molecule has 1 N–H and O–H groups in total. The van der Waals surface area contributed by atoms with Gasteiger partial charge in [0.15, 0.2) is 5.16 Å². The van der Waals surface area contributed by atoms with Crippen LogP contribution in [0.3, 0.4) is 0 Å². The van der Waals surface area contributed by atoms with Crippen LogP contribution in [-0.4, -0.2) is 44.1 Å². The molecule has 1 amide bonds. The van der Waals surface area contributed by atoms with Gasteiger partial charge in [-0.25, -0.2) is 4.98 Å². The Morgan fingerprint density at radius 3 is 3.04 bits per heavy atom. The molecule has 9 heteroatoms. The summed E-state index contributed by atoms with van der Waals surface area (Å²) in [5.41, 5.74) is 0. The minimum Gasteiger partial charge on any atom is -0.376 e. The van der Waals surface area contributed by atoms with Gasteiger partial charge in [0, 0.05) is 19.2 Å². The Kier molecular flexibility index (Phi) is 6.28. The first-order valence-corrected chi connectivity index (χ1v) is 9.60. The third-order valence-corrected chi connectivity index (χ3v) is 5.04. The normalized spacial score (nSPS) is 17.0. The molecule has 134 valence electrons. The number of nitrogens with zero attached hydrogens (tertiary/aromatic N) is 4. The second-order valence-corrected chi connectivity index (χ2v) is 7.08. The summed E-state index contributed by atoms with van der Waals surface area (Å²) in [5, 5.41) is 12.5. The maximum Gasteiger partial charge on any atom is 0.236 e. The Balaban J connectivity index is 1.59. The summed E-state index contributed by atoms with van der Waals surface area (Å²) in [7, 11) is 0. The van der Waals surface area contributed by atoms with Crippen molar-refractivity contribution in [1.29, 1.82) is 0 Å². The molecule has 1 aliphatic rings. The van der Waals surface area contributed by atoms with Gasteiger partial charge < -0.3 is 14.6 Å². The van der Waals surface area contributed by atoms with Gasteiger partial charge in [0.05, 0.1) is 23.4 Å². The fourth-order valence-corrected chi connectivity index (χ4v) is 3.50. The summed E-state index contributed by atoms with van der Waals surface area (Å²) in [6.07, 6.45) is 4.63. The summed E-state index contributed by atoms with van der Waals surface area (Å²) in [5.74, 6) is 1.48. The maximum absolute atomic E-state index is 12.1. The van der Waals surface area contributed by atoms with Crippen molar-refractivity contribution >= 4 is 35.1 Å². The lowest BCUT2D eigenvalue weighted by atomic mass is 10.2. The van der Waals surface area contributed by atoms with Crippen LogP contribution in [0.2, 0.25) is 5.02 Å². The molecule has 2 aromatic heterocycles. The van der Waals surface area contributed by atoms with Crippen LogP contribution in [0.15, 0.2) is 23.5 Å². The van der Waals surface area contributed by atoms with E-state index in [4.69, 9.17) is 16.3 Å². The molecule has 0 radical (unpaired) electrons. The smallest absolute Gasteiger partial charge is 0.236 e. The van der Waals surface area contributed by atoms with Crippen LogP contribution in [0, 0.1) is 0 Å². The number of carbonyl (C=O) groups excluding carboxylic acids is 1. The zero-order chi connectivity index (χ0) is 17.6. The Bertz CT molecular complexity index is 716. The fourth-order valence-electron chi connectivity index (χ4n) is 2.62. The standard InChI is InChI=1S/C16H20ClN5O2S/c1-2-14-20-21-16(22(14)9-12-4-3-7-24-12)25-10-15(23)19-13-6-5-11(17)8-18-13/h5-6,8,12H,2-4,7,9-10H2,1H3,(H,18,19,23). The van der Waals surface area contributed by atoms with Gasteiger partial charge in [-0.05, 0) is 25.0 Å². The van der Waals surface area contributed by atoms with Crippen LogP contribution in [-0.2, 0) is 22.5 Å². The van der Waals surface area contributed by atoms with E-state index in [1.54, 1.807) is 12.1 Å². The molecule has 0 aliphatic carbocycles. The average molecular weight is 382 g/mol. The van der Waals surface area contributed by atoms with Crippen LogP contribution in [0.1, 0.15) is 25.6 Å². The van der Waals surface area contributed by atoms with Crippen molar-refractivity contribution < 1.29 is 9.53 Å². The van der Waals surface area contributed by atoms with Crippen LogP contribution >= 0.6 is 23.4 Å². The van der Waals surface area contributed by atoms with E-state index in [9.17, 15) is 4.79 Å². The lowest BCUT2D eigenvalue weighted by Gasteiger charge is -2.14. The van der Waals surface area contributed by atoms with Crippen LogP contribution < -0.4 is 5.32 Å². The van der Waals surface area contributed by atoms with Crippen molar-refractivity contribution in [2.45, 2.75) is 44.0 Å². The maximum atomic E-state index is 12.1. The van der Waals surface area contributed by atoms with Gasteiger partial charge in [-0.2, -0.15) is 0 Å². The highest BCUT2D eigenvalue weighted by Crippen LogP contribution is 2.22. The third kappa shape index (κ3) is 4.93. The number of anilines is 1. The van der Waals surface area contributed by atoms with Crippen LogP contribution in [0.4, 0.5) is 5.82 Å². The van der Waals surface area contributed by atoms with Crippen molar-refractivity contribution in [2.75, 3.05) is 17.7 Å². The Hall–Kier alpha value is -1.64. The topological polar surface area (TPSA) is 81.9 Å². The third-order valence-electron chi connectivity index (χ3n) is 3.85. The molecular formula is C16H20ClN5O2S. The minimum absolute atomic E-state index is 0.149. The van der Waals surface area contributed by atoms with Crippen molar-refractivity contribution in [3.05, 3.63) is 29.2 Å². The number of aryl methyl sites for hydroxylation is 1. The molecule has 1 fully saturated rings. The highest BCUT2D eigenvalue weighted by molar-refractivity contribution is 7.99. The number of pyridine rings is 1. The zero-order valence-corrected chi connectivity index (χ0v) is 15.5. The van der Waals surface area contributed by atoms with E-state index in [1.807, 2.05) is 6.92 Å². The number of aromatic nitrogens is 4. The lowest BCUT2D eigenvalue weighted by molar-refractivity contribution is -0.113. The predicted octanol–water partition coefficient (Wildman–Crippen LogP) is 2.80. The number of amides is 1. The van der Waals surface area contributed by atoms with E-state index in [2.05, 4.69) is 25.1 Å². The summed E-state index contributed by atoms with van der Waals surface area (Å²) < 4.78 is 7.77. The molecule has 0 aromatic carbocycles. The van der Waals surface area contributed by atoms with Crippen LogP contribution in [0.5, 0.6) is 0 Å². The van der Waals surface area contributed by atoms with E-state index in [-0.39, 0.29) is 17.8 Å². The highest BCUT2D eigenvalue weighted by Gasteiger charge is 2.21. The molecule has 0 spiro atoms. The molecule has 1 atom stereocenters. The number of hydrogen-bond acceptors (Lipinski definition) is 6. The Labute approximate surface area is 155 Å². The Morgan fingerprint density at radius 2 is 2.36 bits per heavy atom. The summed E-state index contributed by atoms with van der Waals surface area (Å²) in [6.45, 7) is 3.59. The van der Waals surface area contributed by atoms with Gasteiger partial charge in [0.1, 0.15) is 11.6 Å². The quantitative estimate of drug-likeness (QED) is 0.742. The van der Waals surface area contributed by atoms with Crippen molar-refractivity contribution in [3.8, 4) is 0 Å². The summed E-state index contributed by atoms with van der Waals surface area (Å²) in [6, 6.07) is 3.35. The lowest BCUT2D eigenvalue weighted by Crippen LogP contribution is -2.19. The van der Waals surface area contributed by atoms with E-state index >= 15 is 0 Å². The van der Waals surface area contributed by atoms with E-state index < -0.39 is 0 Å². The SMILES string of the molecule is CCc1nnc(SCC(=O)Nc2ccc(Cl)cn2)n1CC1CCCO1. The first-order valence-electron chi connectivity index (χ1n) is 8.23. The van der Waals surface area contributed by atoms with Crippen molar-refractivity contribution in [3.63, 3.8) is 0 Å². The molecule has 3 heterocycles. The van der Waals surface area contributed by atoms with E-state index in [0.717, 1.165) is 43.4 Å². The number of thioether (sulfide) groups is 1. The molecule has 25 heavy (non-hydrogen) atoms. The van der Waals surface area contributed by atoms with Gasteiger partial charge in [0.25, 0.3) is 0 Å². The predicted molar refractivity (Wildman–Crippen MR) is 97.0 cm³/mol. The summed E-state index contributed by atoms with van der Waals surface area (Å²) >= 11 is 7.15. The molecular weight excluding hydrogens is 362 g/mol. The van der Waals surface area contributed by atoms with Crippen LogP contribution in [0.25, 0.3) is 0 Å². The van der Waals surface area contributed by atoms with Crippen molar-refractivity contribution in [1.82, 2.24) is 19.7 Å². The highest BCUT2D eigenvalue weighted by atomic mass is 35.5. The van der Waals surface area contributed by atoms with E-state index in [0.29, 0.717) is 10.8 Å². The molecule has 0 saturated carbocycles. The van der Waals surface area contributed by atoms with Gasteiger partial charge >= 0.3 is 0 Å². The van der Waals surface area contributed by atoms with Gasteiger partial charge in [-0.1, -0.05) is 30.3 Å². The monoisotopic (exact) mass is 381 g/mol. The number of nitrogens with one attached hydrogen (secondary N) is 1. The largest absolute Gasteiger partial charge is 0.376 e. The molecule has 0 bridgehead atoms. The number of ether oxygens (including phenoxy) is 1. The fraction of sp³-hybridized carbons (Fsp3) is 0.500. The number of rotatable bonds is 7. The van der Waals surface area contributed by atoms with Crippen molar-refractivity contribution in [2.24, 2.45) is 0 Å². The van der Waals surface area contributed by atoms with E-state index in [1.165, 1.54) is 18.0 Å². The minimum atomic E-state index is -0.149. The van der Waals surface area contributed by atoms with Gasteiger partial charge in [-0.3, -0.25) is 4.79 Å². The first kappa shape index (κ1) is 18.2. The van der Waals surface area contributed by atoms with Gasteiger partial charge in [0.2, 0.25) is 5.91 Å². The molecule has 1 unspecified atom stereocenters. The molecule has 2 aromatic rings. The second kappa shape index (κ2) is 8.64. The average Bonchev–Trinajstić information content (AvgIpc) is 3.25. The number of hydrogen-bond donors (Lipinski definition) is 1. The number of carbonyl (C=O) groups is 1. The number of halogens is 1. The first-order chi connectivity index (χ1) is 12.2. The summed E-state index contributed by atoms with van der Waals surface area (Å²) in [4.78, 5) is 16.2. The molecule has 3 rings (SSSR count).